The Kier molecular flexibility index (Phi) is 9.60. The molecule has 0 radical (unpaired) electrons. The third kappa shape index (κ3) is 7.29. The molecule has 1 aromatic heterocycles. The lowest BCUT2D eigenvalue weighted by Crippen LogP contribution is -2.11. The number of hydrogen-bond donors (Lipinski definition) is 0. The summed E-state index contributed by atoms with van der Waals surface area (Å²) >= 11 is 0. The summed E-state index contributed by atoms with van der Waals surface area (Å²) in [5.74, 6) is 0. The van der Waals surface area contributed by atoms with Crippen LogP contribution in [-0.4, -0.2) is 12.0 Å². The molecule has 9 rings (SSSR count). The second-order valence-electron chi connectivity index (χ2n) is 14.1. The molecule has 8 aromatic carbocycles. The van der Waals surface area contributed by atoms with E-state index in [1.54, 1.807) is 0 Å². The molecule has 56 heavy (non-hydrogen) atoms. The minimum Gasteiger partial charge on any atom is -0.344 e. The Bertz CT molecular complexity index is 2720. The first kappa shape index (κ1) is 34.5. The molecule has 0 saturated heterocycles. The Balaban J connectivity index is 1.12. The van der Waals surface area contributed by atoms with E-state index >= 15 is 0 Å². The zero-order valence-electron chi connectivity index (χ0n) is 31.3. The Labute approximate surface area is 329 Å². The van der Waals surface area contributed by atoms with E-state index in [9.17, 15) is 0 Å². The largest absolute Gasteiger partial charge is 0.344 e. The van der Waals surface area contributed by atoms with E-state index in [2.05, 4.69) is 236 Å². The van der Waals surface area contributed by atoms with E-state index in [0.717, 1.165) is 45.0 Å². The van der Waals surface area contributed by atoms with Crippen molar-refractivity contribution in [3.8, 4) is 78.1 Å². The van der Waals surface area contributed by atoms with Crippen molar-refractivity contribution in [1.82, 2.24) is 4.98 Å². The summed E-state index contributed by atoms with van der Waals surface area (Å²) < 4.78 is 0. The van der Waals surface area contributed by atoms with Gasteiger partial charge in [-0.1, -0.05) is 182 Å². The van der Waals surface area contributed by atoms with Gasteiger partial charge in [0.25, 0.3) is 0 Å². The smallest absolute Gasteiger partial charge is 0.0716 e. The first-order valence-corrected chi connectivity index (χ1v) is 19.1. The van der Waals surface area contributed by atoms with Crippen molar-refractivity contribution in [1.29, 1.82) is 0 Å². The molecule has 0 aliphatic rings. The zero-order chi connectivity index (χ0) is 37.7. The van der Waals surface area contributed by atoms with Crippen LogP contribution in [0.2, 0.25) is 0 Å². The Hall–Kier alpha value is -7.29. The predicted octanol–water partition coefficient (Wildman–Crippen LogP) is 14.5. The van der Waals surface area contributed by atoms with Crippen molar-refractivity contribution in [3.05, 3.63) is 224 Å². The lowest BCUT2D eigenvalue weighted by molar-refractivity contribution is 1.21. The van der Waals surface area contributed by atoms with E-state index in [1.165, 1.54) is 44.5 Å². The van der Waals surface area contributed by atoms with E-state index in [1.807, 2.05) is 0 Å². The minimum absolute atomic E-state index is 0.930. The topological polar surface area (TPSA) is 16.1 Å². The number of hydrogen-bond acceptors (Lipinski definition) is 2. The lowest BCUT2D eigenvalue weighted by atomic mass is 9.94. The fourth-order valence-electron chi connectivity index (χ4n) is 7.47. The van der Waals surface area contributed by atoms with Gasteiger partial charge in [-0.05, 0) is 92.5 Å². The second-order valence-corrected chi connectivity index (χ2v) is 14.1. The maximum atomic E-state index is 5.27. The molecular weight excluding hydrogens is 677 g/mol. The van der Waals surface area contributed by atoms with Crippen LogP contribution in [0.4, 0.5) is 11.4 Å². The van der Waals surface area contributed by atoms with Gasteiger partial charge in [-0.25, -0.2) is 4.98 Å². The number of benzene rings is 8. The van der Waals surface area contributed by atoms with E-state index < -0.39 is 0 Å². The molecule has 0 atom stereocenters. The zero-order valence-corrected chi connectivity index (χ0v) is 31.3. The van der Waals surface area contributed by atoms with Gasteiger partial charge in [-0.2, -0.15) is 0 Å². The van der Waals surface area contributed by atoms with Crippen molar-refractivity contribution >= 4 is 11.4 Å². The monoisotopic (exact) mass is 716 g/mol. The number of aromatic nitrogens is 1. The van der Waals surface area contributed by atoms with Crippen LogP contribution in [-0.2, 0) is 0 Å². The van der Waals surface area contributed by atoms with Crippen molar-refractivity contribution in [2.24, 2.45) is 0 Å². The van der Waals surface area contributed by atoms with Gasteiger partial charge in [-0.15, -0.1) is 0 Å². The van der Waals surface area contributed by atoms with Gasteiger partial charge in [0, 0.05) is 35.1 Å². The highest BCUT2D eigenvalue weighted by atomic mass is 15.1. The first-order valence-electron chi connectivity index (χ1n) is 19.1. The van der Waals surface area contributed by atoms with Gasteiger partial charge in [0.1, 0.15) is 0 Å². The molecule has 266 valence electrons. The number of pyridine rings is 1. The molecule has 0 aliphatic heterocycles. The summed E-state index contributed by atoms with van der Waals surface area (Å²) in [4.78, 5) is 7.57. The second kappa shape index (κ2) is 15.6. The molecule has 0 spiro atoms. The number of nitrogens with zero attached hydrogens (tertiary/aromatic N) is 2. The maximum Gasteiger partial charge on any atom is 0.0716 e. The number of anilines is 2. The van der Waals surface area contributed by atoms with Crippen LogP contribution < -0.4 is 4.90 Å². The highest BCUT2D eigenvalue weighted by molar-refractivity contribution is 5.88. The normalized spacial score (nSPS) is 10.9. The average molecular weight is 717 g/mol. The van der Waals surface area contributed by atoms with Crippen LogP contribution >= 0.6 is 0 Å². The van der Waals surface area contributed by atoms with Crippen molar-refractivity contribution < 1.29 is 0 Å². The first-order chi connectivity index (χ1) is 27.7. The Morgan fingerprint density at radius 2 is 0.696 bits per heavy atom. The summed E-state index contributed by atoms with van der Waals surface area (Å²) in [6.07, 6.45) is 0. The predicted molar refractivity (Wildman–Crippen MR) is 237 cm³/mol. The van der Waals surface area contributed by atoms with Crippen LogP contribution in [0.15, 0.2) is 224 Å². The van der Waals surface area contributed by atoms with Crippen LogP contribution in [0.25, 0.3) is 78.1 Å². The van der Waals surface area contributed by atoms with Gasteiger partial charge < -0.3 is 4.90 Å². The third-order valence-electron chi connectivity index (χ3n) is 10.5. The molecule has 0 saturated carbocycles. The van der Waals surface area contributed by atoms with Crippen molar-refractivity contribution in [2.75, 3.05) is 11.9 Å². The third-order valence-corrected chi connectivity index (χ3v) is 10.5. The van der Waals surface area contributed by atoms with Crippen LogP contribution in [0.1, 0.15) is 0 Å². The molecule has 0 aliphatic carbocycles. The van der Waals surface area contributed by atoms with E-state index in [4.69, 9.17) is 4.98 Å². The standard InChI is InChI=1S/C54H40N2/c1-56(54-33-32-46(41-20-10-4-11-21-41)36-51(54)47-25-14-24-45(34-47)40-18-8-3-9-19-40)50-27-15-26-48(35-50)53-38-49(37-52(55-53)44-22-12-5-13-23-44)43-30-28-42(29-31-43)39-16-6-2-7-17-39/h2-38H,1H3. The summed E-state index contributed by atoms with van der Waals surface area (Å²) in [5, 5.41) is 0. The highest BCUT2D eigenvalue weighted by Gasteiger charge is 2.16. The summed E-state index contributed by atoms with van der Waals surface area (Å²) in [6, 6.07) is 79.9. The van der Waals surface area contributed by atoms with Crippen molar-refractivity contribution in [2.45, 2.75) is 0 Å². The van der Waals surface area contributed by atoms with Gasteiger partial charge in [-0.3, -0.25) is 0 Å². The maximum absolute atomic E-state index is 5.27. The Morgan fingerprint density at radius 3 is 1.30 bits per heavy atom. The molecule has 0 amide bonds. The van der Waals surface area contributed by atoms with Gasteiger partial charge in [0.15, 0.2) is 0 Å². The van der Waals surface area contributed by atoms with Crippen molar-refractivity contribution in [3.63, 3.8) is 0 Å². The molecule has 0 bridgehead atoms. The van der Waals surface area contributed by atoms with Crippen LogP contribution in [0.3, 0.4) is 0 Å². The lowest BCUT2D eigenvalue weighted by Gasteiger charge is -2.24. The molecule has 0 N–H and O–H groups in total. The minimum atomic E-state index is 0.930. The molecule has 2 heteroatoms. The fraction of sp³-hybridized carbons (Fsp3) is 0.0185. The summed E-state index contributed by atoms with van der Waals surface area (Å²) in [5.41, 5.74) is 18.0. The van der Waals surface area contributed by atoms with E-state index in [-0.39, 0.29) is 0 Å². The molecular formula is C54H40N2. The molecule has 2 nitrogen and oxygen atoms in total. The number of rotatable bonds is 9. The molecule has 9 aromatic rings. The summed E-state index contributed by atoms with van der Waals surface area (Å²) in [6.45, 7) is 0. The van der Waals surface area contributed by atoms with Gasteiger partial charge >= 0.3 is 0 Å². The Morgan fingerprint density at radius 1 is 0.286 bits per heavy atom. The average Bonchev–Trinajstić information content (AvgIpc) is 3.30. The molecule has 1 heterocycles. The fourth-order valence-corrected chi connectivity index (χ4v) is 7.47. The molecule has 0 unspecified atom stereocenters. The molecule has 0 fully saturated rings. The van der Waals surface area contributed by atoms with Crippen LogP contribution in [0, 0.1) is 0 Å². The summed E-state index contributed by atoms with van der Waals surface area (Å²) in [7, 11) is 2.16. The SMILES string of the molecule is CN(c1cccc(-c2cc(-c3ccc(-c4ccccc4)cc3)cc(-c3ccccc3)n2)c1)c1ccc(-c2ccccc2)cc1-c1cccc(-c2ccccc2)c1. The highest BCUT2D eigenvalue weighted by Crippen LogP contribution is 2.40. The van der Waals surface area contributed by atoms with E-state index in [0.29, 0.717) is 0 Å². The van der Waals surface area contributed by atoms with Crippen LogP contribution in [0.5, 0.6) is 0 Å². The van der Waals surface area contributed by atoms with Gasteiger partial charge in [0.05, 0.1) is 11.4 Å². The quantitative estimate of drug-likeness (QED) is 0.148. The van der Waals surface area contributed by atoms with Gasteiger partial charge in [0.2, 0.25) is 0 Å².